The molecule has 7 heteroatoms. The van der Waals surface area contributed by atoms with Crippen molar-refractivity contribution in [1.82, 2.24) is 14.8 Å². The summed E-state index contributed by atoms with van der Waals surface area (Å²) in [6.07, 6.45) is 0. The Balaban J connectivity index is 1.76. The second-order valence-electron chi connectivity index (χ2n) is 6.58. The number of halogens is 1. The van der Waals surface area contributed by atoms with E-state index in [1.165, 1.54) is 17.8 Å². The standard InChI is InChI=1S/C21H23FN4OS/c1-5-26-19(17-9-7-6-8-13(17)2)24-25-21(26)28-15(4)20(27)23-16-11-10-14(3)18(22)12-16/h6-12,15H,5H2,1-4H3,(H,23,27)/t15-/m1/s1. The van der Waals surface area contributed by atoms with Gasteiger partial charge in [0.1, 0.15) is 5.82 Å². The van der Waals surface area contributed by atoms with Crippen molar-refractivity contribution in [2.45, 2.75) is 44.6 Å². The smallest absolute Gasteiger partial charge is 0.237 e. The SMILES string of the molecule is CCn1c(S[C@H](C)C(=O)Nc2ccc(C)c(F)c2)nnc1-c1ccccc1C. The highest BCUT2D eigenvalue weighted by Crippen LogP contribution is 2.29. The number of amides is 1. The van der Waals surface area contributed by atoms with Crippen LogP contribution in [0.5, 0.6) is 0 Å². The summed E-state index contributed by atoms with van der Waals surface area (Å²) in [6, 6.07) is 12.7. The maximum atomic E-state index is 13.7. The molecule has 0 radical (unpaired) electrons. The van der Waals surface area contributed by atoms with Crippen LogP contribution in [0, 0.1) is 19.7 Å². The molecular formula is C21H23FN4OS. The monoisotopic (exact) mass is 398 g/mol. The van der Waals surface area contributed by atoms with E-state index in [0.29, 0.717) is 23.0 Å². The molecule has 0 saturated carbocycles. The van der Waals surface area contributed by atoms with E-state index in [1.807, 2.05) is 42.7 Å². The van der Waals surface area contributed by atoms with E-state index in [-0.39, 0.29) is 11.7 Å². The molecule has 0 saturated heterocycles. The quantitative estimate of drug-likeness (QED) is 0.604. The van der Waals surface area contributed by atoms with Crippen molar-refractivity contribution in [3.05, 3.63) is 59.4 Å². The van der Waals surface area contributed by atoms with Gasteiger partial charge in [-0.2, -0.15) is 0 Å². The summed E-state index contributed by atoms with van der Waals surface area (Å²) >= 11 is 1.33. The lowest BCUT2D eigenvalue weighted by Gasteiger charge is -2.13. The number of nitrogens with one attached hydrogen (secondary N) is 1. The van der Waals surface area contributed by atoms with Gasteiger partial charge in [-0.25, -0.2) is 4.39 Å². The zero-order valence-electron chi connectivity index (χ0n) is 16.4. The van der Waals surface area contributed by atoms with Crippen LogP contribution >= 0.6 is 11.8 Å². The highest BCUT2D eigenvalue weighted by Gasteiger charge is 2.21. The Hall–Kier alpha value is -2.67. The van der Waals surface area contributed by atoms with Crippen LogP contribution in [-0.2, 0) is 11.3 Å². The van der Waals surface area contributed by atoms with Crippen molar-refractivity contribution < 1.29 is 9.18 Å². The van der Waals surface area contributed by atoms with E-state index < -0.39 is 5.25 Å². The molecule has 0 fully saturated rings. The first-order chi connectivity index (χ1) is 13.4. The summed E-state index contributed by atoms with van der Waals surface area (Å²) < 4.78 is 15.7. The first-order valence-corrected chi connectivity index (χ1v) is 10.0. The van der Waals surface area contributed by atoms with E-state index in [9.17, 15) is 9.18 Å². The molecule has 1 amide bonds. The van der Waals surface area contributed by atoms with E-state index in [4.69, 9.17) is 0 Å². The van der Waals surface area contributed by atoms with Crippen molar-refractivity contribution in [1.29, 1.82) is 0 Å². The molecule has 0 unspecified atom stereocenters. The highest BCUT2D eigenvalue weighted by atomic mass is 32.2. The Bertz CT molecular complexity index is 1000. The molecule has 0 aliphatic carbocycles. The van der Waals surface area contributed by atoms with Gasteiger partial charge in [0, 0.05) is 17.8 Å². The van der Waals surface area contributed by atoms with Gasteiger partial charge in [-0.15, -0.1) is 10.2 Å². The molecule has 1 heterocycles. The molecule has 0 spiro atoms. The fourth-order valence-electron chi connectivity index (χ4n) is 2.81. The van der Waals surface area contributed by atoms with E-state index in [1.54, 1.807) is 26.0 Å². The molecule has 146 valence electrons. The molecule has 0 aliphatic heterocycles. The molecule has 1 N–H and O–H groups in total. The summed E-state index contributed by atoms with van der Waals surface area (Å²) in [7, 11) is 0. The lowest BCUT2D eigenvalue weighted by Crippen LogP contribution is -2.23. The predicted octanol–water partition coefficient (Wildman–Crippen LogP) is 4.84. The van der Waals surface area contributed by atoms with Gasteiger partial charge in [0.05, 0.1) is 5.25 Å². The average molecular weight is 399 g/mol. The topological polar surface area (TPSA) is 59.8 Å². The van der Waals surface area contributed by atoms with Crippen LogP contribution in [-0.4, -0.2) is 25.9 Å². The minimum absolute atomic E-state index is 0.212. The molecule has 5 nitrogen and oxygen atoms in total. The van der Waals surface area contributed by atoms with Crippen molar-refractivity contribution in [3.63, 3.8) is 0 Å². The van der Waals surface area contributed by atoms with Crippen molar-refractivity contribution >= 4 is 23.4 Å². The second-order valence-corrected chi connectivity index (χ2v) is 7.89. The van der Waals surface area contributed by atoms with Gasteiger partial charge in [-0.3, -0.25) is 4.79 Å². The first-order valence-electron chi connectivity index (χ1n) is 9.13. The van der Waals surface area contributed by atoms with E-state index in [0.717, 1.165) is 17.0 Å². The lowest BCUT2D eigenvalue weighted by atomic mass is 10.1. The molecule has 0 aliphatic rings. The third kappa shape index (κ3) is 4.25. The number of benzene rings is 2. The van der Waals surface area contributed by atoms with Gasteiger partial charge in [-0.1, -0.05) is 42.1 Å². The molecule has 1 atom stereocenters. The maximum Gasteiger partial charge on any atom is 0.237 e. The Morgan fingerprint density at radius 2 is 1.93 bits per heavy atom. The minimum Gasteiger partial charge on any atom is -0.325 e. The van der Waals surface area contributed by atoms with Crippen molar-refractivity contribution in [2.24, 2.45) is 0 Å². The normalized spacial score (nSPS) is 12.0. The fraction of sp³-hybridized carbons (Fsp3) is 0.286. The molecule has 1 aromatic heterocycles. The van der Waals surface area contributed by atoms with Crippen molar-refractivity contribution in [2.75, 3.05) is 5.32 Å². The van der Waals surface area contributed by atoms with Gasteiger partial charge >= 0.3 is 0 Å². The third-order valence-corrected chi connectivity index (χ3v) is 5.59. The van der Waals surface area contributed by atoms with Crippen LogP contribution in [0.2, 0.25) is 0 Å². The third-order valence-electron chi connectivity index (χ3n) is 4.51. The number of nitrogens with zero attached hydrogens (tertiary/aromatic N) is 3. The fourth-order valence-corrected chi connectivity index (χ4v) is 3.72. The number of hydrogen-bond acceptors (Lipinski definition) is 4. The molecule has 28 heavy (non-hydrogen) atoms. The van der Waals surface area contributed by atoms with Crippen molar-refractivity contribution in [3.8, 4) is 11.4 Å². The summed E-state index contributed by atoms with van der Waals surface area (Å²) in [5, 5.41) is 11.7. The number of thioether (sulfide) groups is 1. The number of rotatable bonds is 6. The van der Waals surface area contributed by atoms with E-state index >= 15 is 0 Å². The zero-order chi connectivity index (χ0) is 20.3. The Morgan fingerprint density at radius 1 is 1.18 bits per heavy atom. The van der Waals surface area contributed by atoms with Crippen LogP contribution < -0.4 is 5.32 Å². The average Bonchev–Trinajstić information content (AvgIpc) is 3.07. The molecular weight excluding hydrogens is 375 g/mol. The summed E-state index contributed by atoms with van der Waals surface area (Å²) in [4.78, 5) is 12.5. The number of carbonyl (C=O) groups is 1. The highest BCUT2D eigenvalue weighted by molar-refractivity contribution is 8.00. The predicted molar refractivity (Wildman–Crippen MR) is 111 cm³/mol. The zero-order valence-corrected chi connectivity index (χ0v) is 17.2. The Labute approximate surface area is 168 Å². The number of carbonyl (C=O) groups excluding carboxylic acids is 1. The van der Waals surface area contributed by atoms with Crippen LogP contribution in [0.1, 0.15) is 25.0 Å². The second kappa shape index (κ2) is 8.56. The number of anilines is 1. The number of hydrogen-bond donors (Lipinski definition) is 1. The molecule has 0 bridgehead atoms. The van der Waals surface area contributed by atoms with Gasteiger partial charge in [-0.05, 0) is 51.0 Å². The van der Waals surface area contributed by atoms with E-state index in [2.05, 4.69) is 15.5 Å². The summed E-state index contributed by atoms with van der Waals surface area (Å²) in [5.41, 5.74) is 3.13. The molecule has 3 rings (SSSR count). The van der Waals surface area contributed by atoms with Gasteiger partial charge < -0.3 is 9.88 Å². The Kier molecular flexibility index (Phi) is 6.14. The number of aryl methyl sites for hydroxylation is 2. The van der Waals surface area contributed by atoms with Crippen LogP contribution in [0.15, 0.2) is 47.6 Å². The Morgan fingerprint density at radius 3 is 2.61 bits per heavy atom. The van der Waals surface area contributed by atoms with Crippen LogP contribution in [0.25, 0.3) is 11.4 Å². The molecule has 3 aromatic rings. The van der Waals surface area contributed by atoms with Gasteiger partial charge in [0.15, 0.2) is 11.0 Å². The number of aromatic nitrogens is 3. The lowest BCUT2D eigenvalue weighted by molar-refractivity contribution is -0.115. The molecule has 2 aromatic carbocycles. The maximum absolute atomic E-state index is 13.7. The van der Waals surface area contributed by atoms with Gasteiger partial charge in [0.2, 0.25) is 5.91 Å². The first kappa shape index (κ1) is 20.1. The largest absolute Gasteiger partial charge is 0.325 e. The van der Waals surface area contributed by atoms with Gasteiger partial charge in [0.25, 0.3) is 0 Å². The summed E-state index contributed by atoms with van der Waals surface area (Å²) in [6.45, 7) is 8.23. The summed E-state index contributed by atoms with van der Waals surface area (Å²) in [5.74, 6) is 0.236. The minimum atomic E-state index is -0.413. The van der Waals surface area contributed by atoms with Crippen LogP contribution in [0.4, 0.5) is 10.1 Å². The van der Waals surface area contributed by atoms with Crippen LogP contribution in [0.3, 0.4) is 0 Å².